The summed E-state index contributed by atoms with van der Waals surface area (Å²) < 4.78 is 0. The summed E-state index contributed by atoms with van der Waals surface area (Å²) in [6, 6.07) is 0.734. The van der Waals surface area contributed by atoms with Gasteiger partial charge >= 0.3 is 0 Å². The van der Waals surface area contributed by atoms with Crippen molar-refractivity contribution in [3.63, 3.8) is 0 Å². The Morgan fingerprint density at radius 1 is 1.14 bits per heavy atom. The molecule has 0 unspecified atom stereocenters. The number of nitrogens with one attached hydrogen (secondary N) is 1. The van der Waals surface area contributed by atoms with Gasteiger partial charge in [-0.3, -0.25) is 5.41 Å². The molecule has 2 aliphatic rings. The molecular weight excluding hydrogens is 174 g/mol. The molecule has 0 aromatic heterocycles. The number of rotatable bonds is 2. The molecule has 0 aromatic carbocycles. The number of hydrogen-bond acceptors (Lipinski definition) is 2. The Kier molecular flexibility index (Phi) is 2.77. The van der Waals surface area contributed by atoms with E-state index >= 15 is 0 Å². The van der Waals surface area contributed by atoms with Crippen molar-refractivity contribution in [3.05, 3.63) is 0 Å². The van der Waals surface area contributed by atoms with E-state index in [1.807, 2.05) is 0 Å². The molecule has 0 radical (unpaired) electrons. The summed E-state index contributed by atoms with van der Waals surface area (Å²) >= 11 is 0. The lowest BCUT2D eigenvalue weighted by Gasteiger charge is -2.36. The van der Waals surface area contributed by atoms with Crippen molar-refractivity contribution in [1.29, 1.82) is 5.41 Å². The van der Waals surface area contributed by atoms with Crippen LogP contribution in [0.5, 0.6) is 0 Å². The zero-order valence-corrected chi connectivity index (χ0v) is 9.29. The smallest absolute Gasteiger partial charge is 0.0989 e. The average molecular weight is 195 g/mol. The van der Waals surface area contributed by atoms with Gasteiger partial charge in [0.1, 0.15) is 0 Å². The summed E-state index contributed by atoms with van der Waals surface area (Å²) in [5.41, 5.74) is 0. The van der Waals surface area contributed by atoms with Crippen LogP contribution < -0.4 is 0 Å². The van der Waals surface area contributed by atoms with Crippen LogP contribution in [0, 0.1) is 11.3 Å². The van der Waals surface area contributed by atoms with Crippen molar-refractivity contribution in [1.82, 2.24) is 9.80 Å². The number of amidine groups is 1. The molecule has 0 amide bonds. The minimum atomic E-state index is 0.617. The van der Waals surface area contributed by atoms with Crippen molar-refractivity contribution < 1.29 is 0 Å². The summed E-state index contributed by atoms with van der Waals surface area (Å²) in [6.07, 6.45) is 4.96. The van der Waals surface area contributed by atoms with Crippen molar-refractivity contribution >= 4 is 5.84 Å². The van der Waals surface area contributed by atoms with E-state index in [9.17, 15) is 0 Å². The van der Waals surface area contributed by atoms with E-state index in [0.717, 1.165) is 25.0 Å². The molecule has 0 spiro atoms. The molecule has 0 aromatic rings. The number of piperidine rings is 1. The van der Waals surface area contributed by atoms with Crippen LogP contribution in [0.3, 0.4) is 0 Å². The predicted octanol–water partition coefficient (Wildman–Crippen LogP) is 1.40. The van der Waals surface area contributed by atoms with Gasteiger partial charge in [-0.2, -0.15) is 0 Å². The van der Waals surface area contributed by atoms with Crippen LogP contribution in [-0.2, 0) is 0 Å². The third-order valence-corrected chi connectivity index (χ3v) is 3.50. The van der Waals surface area contributed by atoms with Gasteiger partial charge in [0, 0.05) is 25.0 Å². The van der Waals surface area contributed by atoms with Crippen LogP contribution in [0.15, 0.2) is 0 Å². The molecule has 1 aliphatic heterocycles. The lowest BCUT2D eigenvalue weighted by Crippen LogP contribution is -2.44. The minimum absolute atomic E-state index is 0.617. The summed E-state index contributed by atoms with van der Waals surface area (Å²) in [5, 5.41) is 7.99. The van der Waals surface area contributed by atoms with Crippen molar-refractivity contribution in [2.24, 2.45) is 5.92 Å². The summed E-state index contributed by atoms with van der Waals surface area (Å²) in [6.45, 7) is 2.19. The lowest BCUT2D eigenvalue weighted by atomic mass is 10.0. The van der Waals surface area contributed by atoms with Gasteiger partial charge in [-0.05, 0) is 39.8 Å². The monoisotopic (exact) mass is 195 g/mol. The first kappa shape index (κ1) is 9.97. The fourth-order valence-electron chi connectivity index (χ4n) is 2.24. The van der Waals surface area contributed by atoms with Crippen LogP contribution in [0.2, 0.25) is 0 Å². The molecule has 0 bridgehead atoms. The minimum Gasteiger partial charge on any atom is -0.360 e. The van der Waals surface area contributed by atoms with Gasteiger partial charge in [-0.1, -0.05) is 0 Å². The van der Waals surface area contributed by atoms with E-state index in [2.05, 4.69) is 23.9 Å². The molecule has 80 valence electrons. The zero-order chi connectivity index (χ0) is 10.1. The maximum Gasteiger partial charge on any atom is 0.0989 e. The fraction of sp³-hybridized carbons (Fsp3) is 0.909. The van der Waals surface area contributed by atoms with E-state index in [4.69, 9.17) is 5.41 Å². The molecule has 1 saturated heterocycles. The molecule has 1 aliphatic carbocycles. The quantitative estimate of drug-likeness (QED) is 0.533. The van der Waals surface area contributed by atoms with Gasteiger partial charge in [0.25, 0.3) is 0 Å². The first-order valence-electron chi connectivity index (χ1n) is 5.68. The second kappa shape index (κ2) is 3.89. The highest BCUT2D eigenvalue weighted by atomic mass is 15.2. The van der Waals surface area contributed by atoms with Crippen molar-refractivity contribution in [2.45, 2.75) is 31.7 Å². The van der Waals surface area contributed by atoms with Crippen molar-refractivity contribution in [3.8, 4) is 0 Å². The Bertz CT molecular complexity index is 213. The van der Waals surface area contributed by atoms with E-state index in [0.29, 0.717) is 5.92 Å². The Hall–Kier alpha value is -0.570. The second-order valence-corrected chi connectivity index (χ2v) is 4.84. The highest BCUT2D eigenvalue weighted by molar-refractivity contribution is 5.83. The van der Waals surface area contributed by atoms with Gasteiger partial charge in [0.05, 0.1) is 5.84 Å². The predicted molar refractivity (Wildman–Crippen MR) is 58.7 cm³/mol. The number of nitrogens with zero attached hydrogens (tertiary/aromatic N) is 2. The topological polar surface area (TPSA) is 30.3 Å². The fourth-order valence-corrected chi connectivity index (χ4v) is 2.24. The van der Waals surface area contributed by atoms with Gasteiger partial charge in [-0.15, -0.1) is 0 Å². The molecule has 1 saturated carbocycles. The second-order valence-electron chi connectivity index (χ2n) is 4.84. The van der Waals surface area contributed by atoms with Crippen LogP contribution in [0.25, 0.3) is 0 Å². The Balaban J connectivity index is 1.80. The van der Waals surface area contributed by atoms with E-state index in [1.54, 1.807) is 0 Å². The Morgan fingerprint density at radius 2 is 1.71 bits per heavy atom. The Labute approximate surface area is 86.6 Å². The van der Waals surface area contributed by atoms with Crippen molar-refractivity contribution in [2.75, 3.05) is 27.2 Å². The molecule has 2 fully saturated rings. The van der Waals surface area contributed by atoms with Gasteiger partial charge in [0.15, 0.2) is 0 Å². The first-order valence-corrected chi connectivity index (χ1v) is 5.68. The molecule has 1 N–H and O–H groups in total. The van der Waals surface area contributed by atoms with E-state index in [-0.39, 0.29) is 0 Å². The Morgan fingerprint density at radius 3 is 2.14 bits per heavy atom. The molecular formula is C11H21N3. The van der Waals surface area contributed by atoms with Gasteiger partial charge in [0.2, 0.25) is 0 Å². The molecule has 3 nitrogen and oxygen atoms in total. The van der Waals surface area contributed by atoms with E-state index in [1.165, 1.54) is 25.7 Å². The highest BCUT2D eigenvalue weighted by Crippen LogP contribution is 2.32. The van der Waals surface area contributed by atoms with Crippen LogP contribution in [-0.4, -0.2) is 48.9 Å². The largest absolute Gasteiger partial charge is 0.360 e. The first-order chi connectivity index (χ1) is 6.68. The highest BCUT2D eigenvalue weighted by Gasteiger charge is 2.32. The third-order valence-electron chi connectivity index (χ3n) is 3.50. The van der Waals surface area contributed by atoms with Crippen LogP contribution >= 0.6 is 0 Å². The zero-order valence-electron chi connectivity index (χ0n) is 9.29. The number of likely N-dealkylation sites (tertiary alicyclic amines) is 1. The maximum atomic E-state index is 7.99. The SMILES string of the molecule is CN(C)C1CCN(C(=N)C2CC2)CC1. The normalized spacial score (nSPS) is 24.4. The lowest BCUT2D eigenvalue weighted by molar-refractivity contribution is 0.189. The van der Waals surface area contributed by atoms with Gasteiger partial charge < -0.3 is 9.80 Å². The standard InChI is InChI=1S/C11H21N3/c1-13(2)10-5-7-14(8-6-10)11(12)9-3-4-9/h9-10,12H,3-8H2,1-2H3. The summed E-state index contributed by atoms with van der Waals surface area (Å²) in [5.74, 6) is 1.54. The molecule has 3 heteroatoms. The molecule has 2 rings (SSSR count). The molecule has 0 atom stereocenters. The number of hydrogen-bond donors (Lipinski definition) is 1. The van der Waals surface area contributed by atoms with E-state index < -0.39 is 0 Å². The average Bonchev–Trinajstić information content (AvgIpc) is 3.00. The van der Waals surface area contributed by atoms with Gasteiger partial charge in [-0.25, -0.2) is 0 Å². The third kappa shape index (κ3) is 2.08. The molecule has 14 heavy (non-hydrogen) atoms. The molecule has 1 heterocycles. The van der Waals surface area contributed by atoms with Crippen LogP contribution in [0.1, 0.15) is 25.7 Å². The summed E-state index contributed by atoms with van der Waals surface area (Å²) in [7, 11) is 4.32. The summed E-state index contributed by atoms with van der Waals surface area (Å²) in [4.78, 5) is 4.61. The maximum absolute atomic E-state index is 7.99. The van der Waals surface area contributed by atoms with Crippen LogP contribution in [0.4, 0.5) is 0 Å².